The highest BCUT2D eigenvalue weighted by atomic mass is 79.9. The fraction of sp³-hybridized carbons (Fsp3) is 0.500. The van der Waals surface area contributed by atoms with Crippen molar-refractivity contribution in [1.29, 1.82) is 0 Å². The number of hydrogen-bond acceptors (Lipinski definition) is 1. The summed E-state index contributed by atoms with van der Waals surface area (Å²) in [5, 5.41) is 0. The molecule has 3 heteroatoms. The Kier molecular flexibility index (Phi) is 1.90. The van der Waals surface area contributed by atoms with Crippen LogP contribution in [0.3, 0.4) is 0 Å². The number of nitrogens with zero attached hydrogens (tertiary/aromatic N) is 1. The molecule has 2 nitrogen and oxygen atoms in total. The van der Waals surface area contributed by atoms with Gasteiger partial charge >= 0.3 is 0 Å². The van der Waals surface area contributed by atoms with Crippen LogP contribution in [0.25, 0.3) is 0 Å². The standard InChI is InChI=1S/C6H9BrN2/c1-3-5-8-4(2)6(7)9-5/h3H2,1-2H3,(H,8,9). The molecule has 0 saturated carbocycles. The van der Waals surface area contributed by atoms with E-state index in [2.05, 4.69) is 32.8 Å². The molecule has 0 aliphatic carbocycles. The Morgan fingerprint density at radius 1 is 1.67 bits per heavy atom. The lowest BCUT2D eigenvalue weighted by molar-refractivity contribution is 0.980. The molecule has 0 aliphatic rings. The van der Waals surface area contributed by atoms with Crippen molar-refractivity contribution in [2.24, 2.45) is 0 Å². The summed E-state index contributed by atoms with van der Waals surface area (Å²) in [6, 6.07) is 0. The average molecular weight is 189 g/mol. The summed E-state index contributed by atoms with van der Waals surface area (Å²) in [6.45, 7) is 4.05. The smallest absolute Gasteiger partial charge is 0.106 e. The first-order valence-corrected chi connectivity index (χ1v) is 3.74. The van der Waals surface area contributed by atoms with Gasteiger partial charge in [0.05, 0.1) is 5.69 Å². The van der Waals surface area contributed by atoms with Gasteiger partial charge in [0.15, 0.2) is 0 Å². The summed E-state index contributed by atoms with van der Waals surface area (Å²) < 4.78 is 0.999. The second-order valence-corrected chi connectivity index (χ2v) is 2.73. The quantitative estimate of drug-likeness (QED) is 0.719. The van der Waals surface area contributed by atoms with Crippen molar-refractivity contribution in [3.8, 4) is 0 Å². The normalized spacial score (nSPS) is 10.1. The average Bonchev–Trinajstić information content (AvgIpc) is 2.13. The summed E-state index contributed by atoms with van der Waals surface area (Å²) in [5.41, 5.74) is 1.03. The maximum absolute atomic E-state index is 4.23. The molecule has 0 fully saturated rings. The van der Waals surface area contributed by atoms with E-state index in [0.29, 0.717) is 0 Å². The largest absolute Gasteiger partial charge is 0.337 e. The second-order valence-electron chi connectivity index (χ2n) is 1.94. The van der Waals surface area contributed by atoms with Gasteiger partial charge in [-0.05, 0) is 22.9 Å². The van der Waals surface area contributed by atoms with E-state index in [9.17, 15) is 0 Å². The highest BCUT2D eigenvalue weighted by Gasteiger charge is 1.98. The van der Waals surface area contributed by atoms with Crippen LogP contribution in [0, 0.1) is 6.92 Å². The predicted octanol–water partition coefficient (Wildman–Crippen LogP) is 2.04. The van der Waals surface area contributed by atoms with Crippen LogP contribution in [-0.2, 0) is 6.42 Å². The maximum Gasteiger partial charge on any atom is 0.106 e. The van der Waals surface area contributed by atoms with Gasteiger partial charge in [-0.3, -0.25) is 0 Å². The number of aromatic amines is 1. The molecule has 9 heavy (non-hydrogen) atoms. The first-order valence-electron chi connectivity index (χ1n) is 2.95. The Bertz CT molecular complexity index is 185. The summed E-state index contributed by atoms with van der Waals surface area (Å²) >= 11 is 3.34. The molecule has 0 spiro atoms. The number of imidazole rings is 1. The van der Waals surface area contributed by atoms with Gasteiger partial charge in [-0.15, -0.1) is 0 Å². The minimum atomic E-state index is 0.965. The minimum absolute atomic E-state index is 0.965. The SMILES string of the molecule is CCc1nc(C)c(Br)[nH]1. The number of halogens is 1. The summed E-state index contributed by atoms with van der Waals surface area (Å²) in [5.74, 6) is 1.04. The number of aromatic nitrogens is 2. The lowest BCUT2D eigenvalue weighted by atomic mass is 10.5. The van der Waals surface area contributed by atoms with Crippen molar-refractivity contribution in [3.63, 3.8) is 0 Å². The van der Waals surface area contributed by atoms with E-state index >= 15 is 0 Å². The van der Waals surface area contributed by atoms with Gasteiger partial charge in [0, 0.05) is 6.42 Å². The van der Waals surface area contributed by atoms with Crippen LogP contribution in [0.15, 0.2) is 4.60 Å². The second kappa shape index (κ2) is 2.52. The Balaban J connectivity index is 2.98. The van der Waals surface area contributed by atoms with Crippen LogP contribution in [0.1, 0.15) is 18.4 Å². The third-order valence-corrected chi connectivity index (χ3v) is 1.98. The van der Waals surface area contributed by atoms with Crippen LogP contribution >= 0.6 is 15.9 Å². The molecule has 1 aromatic heterocycles. The van der Waals surface area contributed by atoms with Crippen molar-refractivity contribution in [1.82, 2.24) is 9.97 Å². The monoisotopic (exact) mass is 188 g/mol. The highest BCUT2D eigenvalue weighted by molar-refractivity contribution is 9.10. The van der Waals surface area contributed by atoms with Crippen LogP contribution in [0.4, 0.5) is 0 Å². The third-order valence-electron chi connectivity index (χ3n) is 1.21. The molecule has 0 amide bonds. The zero-order valence-electron chi connectivity index (χ0n) is 5.53. The van der Waals surface area contributed by atoms with Gasteiger partial charge < -0.3 is 4.98 Å². The molecule has 0 atom stereocenters. The molecule has 1 N–H and O–H groups in total. The van der Waals surface area contributed by atoms with Gasteiger partial charge in [-0.2, -0.15) is 0 Å². The van der Waals surface area contributed by atoms with E-state index in [1.165, 1.54) is 0 Å². The number of hydrogen-bond donors (Lipinski definition) is 1. The van der Waals surface area contributed by atoms with Crippen molar-refractivity contribution in [3.05, 3.63) is 16.1 Å². The van der Waals surface area contributed by atoms with Crippen LogP contribution in [-0.4, -0.2) is 9.97 Å². The molecule has 0 unspecified atom stereocenters. The van der Waals surface area contributed by atoms with E-state index in [0.717, 1.165) is 22.5 Å². The molecule has 0 saturated heterocycles. The first kappa shape index (κ1) is 6.81. The first-order chi connectivity index (χ1) is 4.24. The fourth-order valence-electron chi connectivity index (χ4n) is 0.664. The molecule has 1 heterocycles. The topological polar surface area (TPSA) is 28.7 Å². The third kappa shape index (κ3) is 1.33. The van der Waals surface area contributed by atoms with Crippen LogP contribution < -0.4 is 0 Å². The zero-order valence-corrected chi connectivity index (χ0v) is 7.12. The van der Waals surface area contributed by atoms with Crippen LogP contribution in [0.2, 0.25) is 0 Å². The number of aryl methyl sites for hydroxylation is 2. The van der Waals surface area contributed by atoms with Gasteiger partial charge in [0.2, 0.25) is 0 Å². The molecule has 0 bridgehead atoms. The molecule has 0 radical (unpaired) electrons. The van der Waals surface area contributed by atoms with Crippen molar-refractivity contribution < 1.29 is 0 Å². The van der Waals surface area contributed by atoms with E-state index in [1.807, 2.05) is 6.92 Å². The Labute approximate surface area is 62.8 Å². The molecular formula is C6H9BrN2. The Morgan fingerprint density at radius 2 is 2.33 bits per heavy atom. The predicted molar refractivity (Wildman–Crippen MR) is 40.4 cm³/mol. The number of H-pyrrole nitrogens is 1. The van der Waals surface area contributed by atoms with Crippen molar-refractivity contribution in [2.45, 2.75) is 20.3 Å². The Morgan fingerprint density at radius 3 is 2.56 bits per heavy atom. The lowest BCUT2D eigenvalue weighted by Crippen LogP contribution is -1.80. The lowest BCUT2D eigenvalue weighted by Gasteiger charge is -1.81. The van der Waals surface area contributed by atoms with Gasteiger partial charge in [-0.1, -0.05) is 6.92 Å². The van der Waals surface area contributed by atoms with E-state index < -0.39 is 0 Å². The zero-order chi connectivity index (χ0) is 6.85. The van der Waals surface area contributed by atoms with Gasteiger partial charge in [0.25, 0.3) is 0 Å². The molecule has 50 valence electrons. The number of nitrogens with one attached hydrogen (secondary N) is 1. The summed E-state index contributed by atoms with van der Waals surface area (Å²) in [7, 11) is 0. The molecular weight excluding hydrogens is 180 g/mol. The Hall–Kier alpha value is -0.310. The van der Waals surface area contributed by atoms with E-state index in [-0.39, 0.29) is 0 Å². The maximum atomic E-state index is 4.23. The van der Waals surface area contributed by atoms with Gasteiger partial charge in [-0.25, -0.2) is 4.98 Å². The van der Waals surface area contributed by atoms with E-state index in [1.54, 1.807) is 0 Å². The number of rotatable bonds is 1. The minimum Gasteiger partial charge on any atom is -0.337 e. The van der Waals surface area contributed by atoms with Crippen molar-refractivity contribution in [2.75, 3.05) is 0 Å². The summed E-state index contributed by atoms with van der Waals surface area (Å²) in [6.07, 6.45) is 0.965. The van der Waals surface area contributed by atoms with E-state index in [4.69, 9.17) is 0 Å². The molecule has 1 rings (SSSR count). The summed E-state index contributed by atoms with van der Waals surface area (Å²) in [4.78, 5) is 7.33. The highest BCUT2D eigenvalue weighted by Crippen LogP contribution is 2.11. The molecule has 0 aliphatic heterocycles. The van der Waals surface area contributed by atoms with Crippen LogP contribution in [0.5, 0.6) is 0 Å². The fourth-order valence-corrected chi connectivity index (χ4v) is 0.982. The van der Waals surface area contributed by atoms with Gasteiger partial charge in [0.1, 0.15) is 10.4 Å². The van der Waals surface area contributed by atoms with Crippen molar-refractivity contribution >= 4 is 15.9 Å². The molecule has 0 aromatic carbocycles. The molecule has 1 aromatic rings.